The van der Waals surface area contributed by atoms with Crippen molar-refractivity contribution >= 4 is 10.8 Å². The van der Waals surface area contributed by atoms with Gasteiger partial charge < -0.3 is 5.11 Å². The number of aromatic hydroxyl groups is 1. The predicted octanol–water partition coefficient (Wildman–Crippen LogP) is 2.46. The lowest BCUT2D eigenvalue weighted by molar-refractivity contribution is 0.474. The molecule has 3 heteroatoms. The highest BCUT2D eigenvalue weighted by Gasteiger charge is 2.21. The lowest BCUT2D eigenvalue weighted by Gasteiger charge is -2.18. The Balaban J connectivity index is 2.22. The first-order valence-electron chi connectivity index (χ1n) is 5.07. The van der Waals surface area contributed by atoms with E-state index in [0.717, 1.165) is 27.3 Å². The molecule has 0 saturated heterocycles. The zero-order chi connectivity index (χ0) is 11.1. The van der Waals surface area contributed by atoms with E-state index in [1.807, 2.05) is 24.3 Å². The van der Waals surface area contributed by atoms with Gasteiger partial charge in [0.2, 0.25) is 0 Å². The molecular formula is C13H10O2S. The molecule has 0 fully saturated rings. The SMILES string of the molecule is O=S1c2ccccc2Cc2cc(O)ccc21. The number of phenolic OH excluding ortho intramolecular Hbond substituents is 1. The second-order valence-electron chi connectivity index (χ2n) is 3.85. The Morgan fingerprint density at radius 1 is 1.00 bits per heavy atom. The van der Waals surface area contributed by atoms with E-state index in [1.165, 1.54) is 0 Å². The van der Waals surface area contributed by atoms with Crippen LogP contribution in [-0.4, -0.2) is 9.32 Å². The van der Waals surface area contributed by atoms with Gasteiger partial charge in [-0.3, -0.25) is 0 Å². The maximum absolute atomic E-state index is 12.2. The summed E-state index contributed by atoms with van der Waals surface area (Å²) in [6.45, 7) is 0. The molecule has 0 aromatic heterocycles. The van der Waals surface area contributed by atoms with Gasteiger partial charge in [-0.05, 0) is 41.8 Å². The van der Waals surface area contributed by atoms with Gasteiger partial charge in [-0.25, -0.2) is 4.21 Å². The summed E-state index contributed by atoms with van der Waals surface area (Å²) in [4.78, 5) is 1.71. The minimum atomic E-state index is -1.11. The van der Waals surface area contributed by atoms with Gasteiger partial charge in [0.15, 0.2) is 0 Å². The maximum atomic E-state index is 12.2. The highest BCUT2D eigenvalue weighted by atomic mass is 32.2. The van der Waals surface area contributed by atoms with Crippen LogP contribution in [0.1, 0.15) is 11.1 Å². The fourth-order valence-electron chi connectivity index (χ4n) is 2.04. The number of benzene rings is 2. The van der Waals surface area contributed by atoms with Gasteiger partial charge in [0.1, 0.15) is 5.75 Å². The Labute approximate surface area is 96.0 Å². The number of fused-ring (bicyclic) bond motifs is 2. The van der Waals surface area contributed by atoms with Crippen LogP contribution in [0.15, 0.2) is 52.3 Å². The van der Waals surface area contributed by atoms with Crippen molar-refractivity contribution in [2.75, 3.05) is 0 Å². The number of hydrogen-bond acceptors (Lipinski definition) is 2. The van der Waals surface area contributed by atoms with Crippen molar-refractivity contribution in [3.63, 3.8) is 0 Å². The Bertz CT molecular complexity index is 590. The summed E-state index contributed by atoms with van der Waals surface area (Å²) < 4.78 is 12.2. The van der Waals surface area contributed by atoms with Gasteiger partial charge >= 0.3 is 0 Å². The number of rotatable bonds is 0. The van der Waals surface area contributed by atoms with Crippen LogP contribution in [0.3, 0.4) is 0 Å². The Morgan fingerprint density at radius 3 is 2.62 bits per heavy atom. The smallest absolute Gasteiger partial charge is 0.115 e. The van der Waals surface area contributed by atoms with Crippen molar-refractivity contribution < 1.29 is 9.32 Å². The van der Waals surface area contributed by atoms with E-state index in [4.69, 9.17) is 0 Å². The van der Waals surface area contributed by atoms with Crippen molar-refractivity contribution in [1.29, 1.82) is 0 Å². The molecule has 0 bridgehead atoms. The highest BCUT2D eigenvalue weighted by molar-refractivity contribution is 7.85. The van der Waals surface area contributed by atoms with E-state index < -0.39 is 10.8 Å². The molecule has 1 aliphatic heterocycles. The standard InChI is InChI=1S/C13H10O2S/c14-11-5-6-13-10(8-11)7-9-3-1-2-4-12(9)16(13)15/h1-6,8,14H,7H2. The monoisotopic (exact) mass is 230 g/mol. The summed E-state index contributed by atoms with van der Waals surface area (Å²) in [6.07, 6.45) is 0.742. The second kappa shape index (κ2) is 3.46. The fraction of sp³-hybridized carbons (Fsp3) is 0.0769. The van der Waals surface area contributed by atoms with Gasteiger partial charge in [0.05, 0.1) is 10.8 Å². The van der Waals surface area contributed by atoms with Gasteiger partial charge in [0.25, 0.3) is 0 Å². The predicted molar refractivity (Wildman–Crippen MR) is 62.0 cm³/mol. The van der Waals surface area contributed by atoms with Gasteiger partial charge in [-0.15, -0.1) is 0 Å². The quantitative estimate of drug-likeness (QED) is 0.644. The van der Waals surface area contributed by atoms with E-state index in [1.54, 1.807) is 18.2 Å². The van der Waals surface area contributed by atoms with Crippen molar-refractivity contribution in [2.45, 2.75) is 16.2 Å². The van der Waals surface area contributed by atoms with Crippen LogP contribution in [0.5, 0.6) is 5.75 Å². The molecule has 0 amide bonds. The zero-order valence-corrected chi connectivity index (χ0v) is 9.33. The van der Waals surface area contributed by atoms with Crippen molar-refractivity contribution in [3.8, 4) is 5.75 Å². The van der Waals surface area contributed by atoms with E-state index in [2.05, 4.69) is 0 Å². The molecule has 0 spiro atoms. The third-order valence-electron chi connectivity index (χ3n) is 2.80. The average molecular weight is 230 g/mol. The summed E-state index contributed by atoms with van der Waals surface area (Å²) in [5.41, 5.74) is 2.04. The van der Waals surface area contributed by atoms with Crippen LogP contribution >= 0.6 is 0 Å². The van der Waals surface area contributed by atoms with E-state index in [9.17, 15) is 9.32 Å². The second-order valence-corrected chi connectivity index (χ2v) is 5.26. The van der Waals surface area contributed by atoms with Crippen LogP contribution in [0.4, 0.5) is 0 Å². The van der Waals surface area contributed by atoms with Gasteiger partial charge in [-0.2, -0.15) is 0 Å². The molecule has 80 valence electrons. The van der Waals surface area contributed by atoms with Gasteiger partial charge in [0, 0.05) is 9.79 Å². The molecule has 1 aliphatic rings. The topological polar surface area (TPSA) is 37.3 Å². The molecule has 1 atom stereocenters. The van der Waals surface area contributed by atoms with E-state index in [0.29, 0.717) is 0 Å². The van der Waals surface area contributed by atoms with Crippen LogP contribution < -0.4 is 0 Å². The van der Waals surface area contributed by atoms with Crippen LogP contribution in [-0.2, 0) is 17.2 Å². The van der Waals surface area contributed by atoms with Crippen molar-refractivity contribution in [3.05, 3.63) is 53.6 Å². The van der Waals surface area contributed by atoms with E-state index in [-0.39, 0.29) is 5.75 Å². The minimum Gasteiger partial charge on any atom is -0.508 e. The van der Waals surface area contributed by atoms with Crippen LogP contribution in [0.2, 0.25) is 0 Å². The summed E-state index contributed by atoms with van der Waals surface area (Å²) in [7, 11) is -1.11. The van der Waals surface area contributed by atoms with Crippen LogP contribution in [0, 0.1) is 0 Å². The summed E-state index contributed by atoms with van der Waals surface area (Å²) in [5.74, 6) is 0.232. The molecule has 0 aliphatic carbocycles. The molecule has 1 N–H and O–H groups in total. The molecule has 1 unspecified atom stereocenters. The molecule has 1 heterocycles. The lowest BCUT2D eigenvalue weighted by atomic mass is 10.0. The number of phenols is 1. The maximum Gasteiger partial charge on any atom is 0.115 e. The van der Waals surface area contributed by atoms with Crippen molar-refractivity contribution in [1.82, 2.24) is 0 Å². The normalized spacial score (nSPS) is 17.6. The summed E-state index contributed by atoms with van der Waals surface area (Å²) in [5, 5.41) is 9.42. The molecular weight excluding hydrogens is 220 g/mol. The fourth-order valence-corrected chi connectivity index (χ4v) is 3.42. The molecule has 0 radical (unpaired) electrons. The summed E-state index contributed by atoms with van der Waals surface area (Å²) in [6, 6.07) is 12.8. The van der Waals surface area contributed by atoms with Gasteiger partial charge in [-0.1, -0.05) is 18.2 Å². The van der Waals surface area contributed by atoms with E-state index >= 15 is 0 Å². The third-order valence-corrected chi connectivity index (χ3v) is 4.39. The van der Waals surface area contributed by atoms with Crippen molar-refractivity contribution in [2.24, 2.45) is 0 Å². The molecule has 2 nitrogen and oxygen atoms in total. The zero-order valence-electron chi connectivity index (χ0n) is 8.51. The first kappa shape index (κ1) is 9.60. The first-order valence-corrected chi connectivity index (χ1v) is 6.22. The largest absolute Gasteiger partial charge is 0.508 e. The molecule has 2 aromatic carbocycles. The van der Waals surface area contributed by atoms with Crippen LogP contribution in [0.25, 0.3) is 0 Å². The molecule has 2 aromatic rings. The average Bonchev–Trinajstić information content (AvgIpc) is 2.29. The molecule has 0 saturated carbocycles. The minimum absolute atomic E-state index is 0.232. The third kappa shape index (κ3) is 1.36. The first-order chi connectivity index (χ1) is 7.75. The Kier molecular flexibility index (Phi) is 2.07. The molecule has 3 rings (SSSR count). The lowest BCUT2D eigenvalue weighted by Crippen LogP contribution is -2.08. The molecule has 16 heavy (non-hydrogen) atoms. The Hall–Kier alpha value is -1.61. The summed E-state index contributed by atoms with van der Waals surface area (Å²) >= 11 is 0. The highest BCUT2D eigenvalue weighted by Crippen LogP contribution is 2.32. The Morgan fingerprint density at radius 2 is 1.75 bits per heavy atom. The number of hydrogen-bond donors (Lipinski definition) is 1.